The van der Waals surface area contributed by atoms with Crippen molar-refractivity contribution in [2.75, 3.05) is 0 Å². The second kappa shape index (κ2) is 8.04. The predicted molar refractivity (Wildman–Crippen MR) is 120 cm³/mol. The maximum absolute atomic E-state index is 6.30. The van der Waals surface area contributed by atoms with E-state index in [9.17, 15) is 0 Å². The molecule has 0 amide bonds. The van der Waals surface area contributed by atoms with Gasteiger partial charge in [0.05, 0.1) is 18.8 Å². The molecule has 30 heavy (non-hydrogen) atoms. The molecule has 0 fully saturated rings. The van der Waals surface area contributed by atoms with E-state index in [4.69, 9.17) is 13.3 Å². The van der Waals surface area contributed by atoms with Crippen molar-refractivity contribution in [2.24, 2.45) is 0 Å². The van der Waals surface area contributed by atoms with Crippen LogP contribution in [0.4, 0.5) is 0 Å². The van der Waals surface area contributed by atoms with Gasteiger partial charge in [0.15, 0.2) is 0 Å². The standard InChI is InChI=1S/C26H24O3S/c1-17(22-8-5-11-28-22)25(20-9-12-27-15-20)26(21-10-13-30-16-21)18(2)24-14-19-6-3-4-7-23(19)29-24/h3-18,25-26H,1-2H3. The maximum Gasteiger partial charge on any atom is 0.134 e. The summed E-state index contributed by atoms with van der Waals surface area (Å²) in [7, 11) is 0. The quantitative estimate of drug-likeness (QED) is 0.269. The van der Waals surface area contributed by atoms with Gasteiger partial charge in [0.25, 0.3) is 0 Å². The molecule has 0 radical (unpaired) electrons. The van der Waals surface area contributed by atoms with Gasteiger partial charge >= 0.3 is 0 Å². The van der Waals surface area contributed by atoms with Gasteiger partial charge in [-0.1, -0.05) is 32.0 Å². The number of hydrogen-bond acceptors (Lipinski definition) is 4. The van der Waals surface area contributed by atoms with Gasteiger partial charge in [0, 0.05) is 29.1 Å². The molecule has 1 aromatic carbocycles. The molecule has 4 heteroatoms. The minimum Gasteiger partial charge on any atom is -0.472 e. The Morgan fingerprint density at radius 3 is 2.33 bits per heavy atom. The van der Waals surface area contributed by atoms with Crippen molar-refractivity contribution in [3.63, 3.8) is 0 Å². The van der Waals surface area contributed by atoms with Crippen molar-refractivity contribution >= 4 is 22.3 Å². The van der Waals surface area contributed by atoms with E-state index in [1.165, 1.54) is 11.1 Å². The summed E-state index contributed by atoms with van der Waals surface area (Å²) in [4.78, 5) is 0. The Balaban J connectivity index is 1.63. The minimum atomic E-state index is 0.171. The lowest BCUT2D eigenvalue weighted by Crippen LogP contribution is -2.21. The van der Waals surface area contributed by atoms with Crippen LogP contribution < -0.4 is 0 Å². The molecule has 5 rings (SSSR count). The van der Waals surface area contributed by atoms with Gasteiger partial charge < -0.3 is 13.3 Å². The molecule has 0 aliphatic rings. The number of para-hydroxylation sites is 1. The molecule has 4 atom stereocenters. The summed E-state index contributed by atoms with van der Waals surface area (Å²) >= 11 is 1.73. The smallest absolute Gasteiger partial charge is 0.134 e. The maximum atomic E-state index is 6.30. The van der Waals surface area contributed by atoms with E-state index >= 15 is 0 Å². The molecule has 4 unspecified atom stereocenters. The highest BCUT2D eigenvalue weighted by molar-refractivity contribution is 7.08. The fourth-order valence-electron chi connectivity index (χ4n) is 4.67. The predicted octanol–water partition coefficient (Wildman–Crippen LogP) is 8.16. The van der Waals surface area contributed by atoms with Crippen LogP contribution in [0, 0.1) is 0 Å². The normalized spacial score (nSPS) is 15.8. The van der Waals surface area contributed by atoms with Gasteiger partial charge in [-0.05, 0) is 58.3 Å². The van der Waals surface area contributed by atoms with Gasteiger partial charge in [-0.25, -0.2) is 0 Å². The zero-order chi connectivity index (χ0) is 20.5. The van der Waals surface area contributed by atoms with E-state index in [2.05, 4.69) is 61.0 Å². The highest BCUT2D eigenvalue weighted by atomic mass is 32.1. The van der Waals surface area contributed by atoms with Crippen molar-refractivity contribution < 1.29 is 13.3 Å². The fraction of sp³-hybridized carbons (Fsp3) is 0.231. The Labute approximate surface area is 179 Å². The van der Waals surface area contributed by atoms with E-state index < -0.39 is 0 Å². The Hall–Kier alpha value is -2.98. The second-order valence-electron chi connectivity index (χ2n) is 7.94. The first-order valence-corrected chi connectivity index (χ1v) is 11.2. The summed E-state index contributed by atoms with van der Waals surface area (Å²) in [6.07, 6.45) is 5.38. The monoisotopic (exact) mass is 416 g/mol. The molecule has 0 saturated heterocycles. The van der Waals surface area contributed by atoms with E-state index in [-0.39, 0.29) is 23.7 Å². The molecule has 152 valence electrons. The molecule has 3 nitrogen and oxygen atoms in total. The van der Waals surface area contributed by atoms with Gasteiger partial charge in [-0.3, -0.25) is 0 Å². The van der Waals surface area contributed by atoms with Crippen LogP contribution in [0.15, 0.2) is 97.4 Å². The summed E-state index contributed by atoms with van der Waals surface area (Å²) in [5.74, 6) is 2.71. The first-order chi connectivity index (χ1) is 14.7. The number of fused-ring (bicyclic) bond motifs is 1. The number of furan rings is 3. The molecule has 4 heterocycles. The zero-order valence-electron chi connectivity index (χ0n) is 17.0. The second-order valence-corrected chi connectivity index (χ2v) is 8.72. The molecule has 0 bridgehead atoms. The number of rotatable bonds is 7. The van der Waals surface area contributed by atoms with Crippen LogP contribution in [0.5, 0.6) is 0 Å². The summed E-state index contributed by atoms with van der Waals surface area (Å²) in [6, 6.07) is 18.7. The highest BCUT2D eigenvalue weighted by Crippen LogP contribution is 2.50. The van der Waals surface area contributed by atoms with E-state index in [0.29, 0.717) is 0 Å². The van der Waals surface area contributed by atoms with E-state index in [0.717, 1.165) is 22.5 Å². The average molecular weight is 417 g/mol. The lowest BCUT2D eigenvalue weighted by Gasteiger charge is -2.33. The molecule has 4 aromatic heterocycles. The van der Waals surface area contributed by atoms with Crippen molar-refractivity contribution in [1.82, 2.24) is 0 Å². The summed E-state index contributed by atoms with van der Waals surface area (Å²) in [5.41, 5.74) is 3.43. The van der Waals surface area contributed by atoms with Gasteiger partial charge in [-0.15, -0.1) is 0 Å². The third-order valence-corrected chi connectivity index (χ3v) is 6.91. The molecule has 0 spiro atoms. The molecule has 0 aliphatic carbocycles. The summed E-state index contributed by atoms with van der Waals surface area (Å²) in [5, 5.41) is 5.55. The minimum absolute atomic E-state index is 0.171. The third-order valence-electron chi connectivity index (χ3n) is 6.21. The molecular weight excluding hydrogens is 392 g/mol. The van der Waals surface area contributed by atoms with Crippen LogP contribution in [-0.4, -0.2) is 0 Å². The Kier molecular flexibility index (Phi) is 5.09. The van der Waals surface area contributed by atoms with Crippen LogP contribution in [0.2, 0.25) is 0 Å². The SMILES string of the molecule is CC(c1ccco1)C(c1ccoc1)C(c1ccsc1)C(C)c1cc2ccccc2o1. The molecule has 5 aromatic rings. The molecule has 0 aliphatic heterocycles. The lowest BCUT2D eigenvalue weighted by atomic mass is 9.69. The van der Waals surface area contributed by atoms with Gasteiger partial charge in [0.2, 0.25) is 0 Å². The topological polar surface area (TPSA) is 39.4 Å². The van der Waals surface area contributed by atoms with Crippen LogP contribution in [-0.2, 0) is 0 Å². The van der Waals surface area contributed by atoms with Crippen molar-refractivity contribution in [1.29, 1.82) is 0 Å². The van der Waals surface area contributed by atoms with Crippen molar-refractivity contribution in [2.45, 2.75) is 37.5 Å². The Morgan fingerprint density at radius 2 is 1.63 bits per heavy atom. The van der Waals surface area contributed by atoms with Crippen molar-refractivity contribution in [3.8, 4) is 0 Å². The van der Waals surface area contributed by atoms with Crippen LogP contribution in [0.25, 0.3) is 11.0 Å². The molecule has 0 saturated carbocycles. The first-order valence-electron chi connectivity index (χ1n) is 10.3. The van der Waals surface area contributed by atoms with Gasteiger partial charge in [-0.2, -0.15) is 11.3 Å². The first kappa shape index (κ1) is 19.0. The molecular formula is C26H24O3S. The summed E-state index contributed by atoms with van der Waals surface area (Å²) in [6.45, 7) is 4.50. The lowest BCUT2D eigenvalue weighted by molar-refractivity contribution is 0.351. The highest BCUT2D eigenvalue weighted by Gasteiger charge is 2.37. The van der Waals surface area contributed by atoms with Crippen LogP contribution >= 0.6 is 11.3 Å². The van der Waals surface area contributed by atoms with E-state index in [1.807, 2.05) is 24.5 Å². The van der Waals surface area contributed by atoms with Crippen molar-refractivity contribution in [3.05, 3.63) is 107 Å². The largest absolute Gasteiger partial charge is 0.472 e. The summed E-state index contributed by atoms with van der Waals surface area (Å²) < 4.78 is 17.6. The molecule has 0 N–H and O–H groups in total. The fourth-order valence-corrected chi connectivity index (χ4v) is 5.38. The number of thiophene rings is 1. The number of hydrogen-bond donors (Lipinski definition) is 0. The number of benzene rings is 1. The third kappa shape index (κ3) is 3.41. The van der Waals surface area contributed by atoms with Crippen LogP contribution in [0.1, 0.15) is 60.2 Å². The van der Waals surface area contributed by atoms with Gasteiger partial charge in [0.1, 0.15) is 17.1 Å². The van der Waals surface area contributed by atoms with E-state index in [1.54, 1.807) is 23.9 Å². The Bertz CT molecular complexity index is 1150. The van der Waals surface area contributed by atoms with Crippen LogP contribution in [0.3, 0.4) is 0 Å². The Morgan fingerprint density at radius 1 is 0.800 bits per heavy atom. The average Bonchev–Trinajstić information content (AvgIpc) is 3.58. The zero-order valence-corrected chi connectivity index (χ0v) is 17.8.